The van der Waals surface area contributed by atoms with Gasteiger partial charge < -0.3 is 0 Å². The molecular weight excluding hydrogens is 252 g/mol. The Balaban J connectivity index is 2.62. The summed E-state index contributed by atoms with van der Waals surface area (Å²) in [6.07, 6.45) is 3.67. The van der Waals surface area contributed by atoms with E-state index in [0.29, 0.717) is 17.7 Å². The first-order valence-corrected chi connectivity index (χ1v) is 5.83. The van der Waals surface area contributed by atoms with E-state index in [9.17, 15) is 10.1 Å². The Labute approximate surface area is 109 Å². The third kappa shape index (κ3) is 2.41. The molecule has 0 spiro atoms. The van der Waals surface area contributed by atoms with Crippen molar-refractivity contribution in [3.05, 3.63) is 46.3 Å². The number of rotatable bonds is 2. The van der Waals surface area contributed by atoms with Crippen LogP contribution in [0.2, 0.25) is 0 Å². The molecule has 0 fully saturated rings. The first-order chi connectivity index (χ1) is 8.74. The fourth-order valence-electron chi connectivity index (χ4n) is 1.65. The second-order valence-electron chi connectivity index (χ2n) is 3.55. The zero-order chi connectivity index (χ0) is 13.0. The smallest absolute Gasteiger partial charge is 0.264 e. The van der Waals surface area contributed by atoms with Crippen molar-refractivity contribution in [3.63, 3.8) is 0 Å². The lowest BCUT2D eigenvalue weighted by Gasteiger charge is -2.01. The molecule has 0 radical (unpaired) electrons. The number of pyridine rings is 1. The van der Waals surface area contributed by atoms with Gasteiger partial charge in [-0.3, -0.25) is 15.1 Å². The molecule has 1 aromatic heterocycles. The van der Waals surface area contributed by atoms with Crippen molar-refractivity contribution in [1.82, 2.24) is 4.98 Å². The van der Waals surface area contributed by atoms with Crippen LogP contribution in [0.3, 0.4) is 0 Å². The highest BCUT2D eigenvalue weighted by Crippen LogP contribution is 2.26. The van der Waals surface area contributed by atoms with Crippen LogP contribution in [0.4, 0.5) is 5.69 Å². The third-order valence-corrected chi connectivity index (χ3v) is 2.62. The second kappa shape index (κ2) is 5.48. The minimum Gasteiger partial charge on any atom is -0.264 e. The Kier molecular flexibility index (Phi) is 3.75. The number of hydrogen-bond acceptors (Lipinski definition) is 3. The van der Waals surface area contributed by atoms with E-state index in [4.69, 9.17) is 11.6 Å². The van der Waals surface area contributed by atoms with Gasteiger partial charge in [0.25, 0.3) is 5.69 Å². The molecule has 1 aromatic carbocycles. The second-order valence-corrected chi connectivity index (χ2v) is 3.93. The SMILES string of the molecule is O=[N+]([O-])c1ccc(C#CCCCl)c2ccncc12. The Morgan fingerprint density at radius 3 is 2.89 bits per heavy atom. The van der Waals surface area contributed by atoms with Crippen LogP contribution in [0.25, 0.3) is 10.8 Å². The zero-order valence-electron chi connectivity index (χ0n) is 9.39. The maximum atomic E-state index is 10.9. The van der Waals surface area contributed by atoms with Crippen LogP contribution in [-0.2, 0) is 0 Å². The van der Waals surface area contributed by atoms with E-state index >= 15 is 0 Å². The molecule has 0 aliphatic rings. The molecular formula is C13H9ClN2O2. The average molecular weight is 261 g/mol. The molecule has 0 bridgehead atoms. The number of benzene rings is 1. The molecule has 2 rings (SSSR count). The molecule has 0 unspecified atom stereocenters. The van der Waals surface area contributed by atoms with Gasteiger partial charge in [-0.1, -0.05) is 11.8 Å². The number of halogens is 1. The number of nitro groups is 1. The van der Waals surface area contributed by atoms with E-state index in [1.54, 1.807) is 18.3 Å². The minimum absolute atomic E-state index is 0.0426. The Morgan fingerprint density at radius 1 is 1.33 bits per heavy atom. The van der Waals surface area contributed by atoms with Crippen LogP contribution < -0.4 is 0 Å². The van der Waals surface area contributed by atoms with E-state index in [2.05, 4.69) is 16.8 Å². The van der Waals surface area contributed by atoms with Crippen molar-refractivity contribution >= 4 is 28.1 Å². The van der Waals surface area contributed by atoms with Gasteiger partial charge in [-0.2, -0.15) is 0 Å². The molecule has 0 saturated carbocycles. The summed E-state index contributed by atoms with van der Waals surface area (Å²) >= 11 is 5.55. The number of fused-ring (bicyclic) bond motifs is 1. The molecule has 4 nitrogen and oxygen atoms in total. The normalized spacial score (nSPS) is 9.83. The highest BCUT2D eigenvalue weighted by molar-refractivity contribution is 6.18. The maximum absolute atomic E-state index is 10.9. The van der Waals surface area contributed by atoms with Crippen LogP contribution in [0.5, 0.6) is 0 Å². The van der Waals surface area contributed by atoms with Crippen LogP contribution in [0.15, 0.2) is 30.6 Å². The molecule has 18 heavy (non-hydrogen) atoms. The van der Waals surface area contributed by atoms with Crippen molar-refractivity contribution in [2.24, 2.45) is 0 Å². The highest BCUT2D eigenvalue weighted by Gasteiger charge is 2.13. The molecule has 0 N–H and O–H groups in total. The highest BCUT2D eigenvalue weighted by atomic mass is 35.5. The summed E-state index contributed by atoms with van der Waals surface area (Å²) in [5, 5.41) is 12.1. The van der Waals surface area contributed by atoms with Gasteiger partial charge in [-0.25, -0.2) is 0 Å². The van der Waals surface area contributed by atoms with Crippen molar-refractivity contribution < 1.29 is 4.92 Å². The van der Waals surface area contributed by atoms with Gasteiger partial charge in [-0.05, 0) is 12.1 Å². The van der Waals surface area contributed by atoms with Gasteiger partial charge in [0.1, 0.15) is 0 Å². The van der Waals surface area contributed by atoms with Gasteiger partial charge in [0.05, 0.1) is 10.3 Å². The number of hydrogen-bond donors (Lipinski definition) is 0. The lowest BCUT2D eigenvalue weighted by atomic mass is 10.1. The minimum atomic E-state index is -0.417. The van der Waals surface area contributed by atoms with Crippen molar-refractivity contribution in [3.8, 4) is 11.8 Å². The summed E-state index contributed by atoms with van der Waals surface area (Å²) in [7, 11) is 0. The zero-order valence-corrected chi connectivity index (χ0v) is 10.1. The topological polar surface area (TPSA) is 56.0 Å². The summed E-state index contributed by atoms with van der Waals surface area (Å²) in [6.45, 7) is 0. The van der Waals surface area contributed by atoms with Crippen molar-refractivity contribution in [1.29, 1.82) is 0 Å². The molecule has 5 heteroatoms. The number of nitrogens with zero attached hydrogens (tertiary/aromatic N) is 2. The van der Waals surface area contributed by atoms with Crippen LogP contribution in [0.1, 0.15) is 12.0 Å². The summed E-state index contributed by atoms with van der Waals surface area (Å²) in [4.78, 5) is 14.4. The molecule has 90 valence electrons. The Hall–Kier alpha value is -2.12. The fraction of sp³-hybridized carbons (Fsp3) is 0.154. The maximum Gasteiger partial charge on any atom is 0.278 e. The van der Waals surface area contributed by atoms with E-state index in [-0.39, 0.29) is 5.69 Å². The summed E-state index contributed by atoms with van der Waals surface area (Å²) < 4.78 is 0. The first-order valence-electron chi connectivity index (χ1n) is 5.30. The van der Waals surface area contributed by atoms with E-state index in [0.717, 1.165) is 10.9 Å². The van der Waals surface area contributed by atoms with Crippen molar-refractivity contribution in [2.75, 3.05) is 5.88 Å². The van der Waals surface area contributed by atoms with E-state index in [1.807, 2.05) is 0 Å². The van der Waals surface area contributed by atoms with E-state index < -0.39 is 4.92 Å². The van der Waals surface area contributed by atoms with Crippen LogP contribution in [0, 0.1) is 22.0 Å². The van der Waals surface area contributed by atoms with E-state index in [1.165, 1.54) is 12.3 Å². The summed E-state index contributed by atoms with van der Waals surface area (Å²) in [5.41, 5.74) is 0.795. The van der Waals surface area contributed by atoms with Gasteiger partial charge in [0, 0.05) is 41.7 Å². The molecule has 0 atom stereocenters. The van der Waals surface area contributed by atoms with Crippen molar-refractivity contribution in [2.45, 2.75) is 6.42 Å². The third-order valence-electron chi connectivity index (χ3n) is 2.43. The summed E-state index contributed by atoms with van der Waals surface area (Å²) in [5.74, 6) is 6.36. The Bertz CT molecular complexity index is 659. The van der Waals surface area contributed by atoms with Crippen LogP contribution >= 0.6 is 11.6 Å². The number of nitro benzene ring substituents is 1. The molecule has 1 heterocycles. The quantitative estimate of drug-likeness (QED) is 0.361. The predicted octanol–water partition coefficient (Wildman–Crippen LogP) is 3.12. The Morgan fingerprint density at radius 2 is 2.17 bits per heavy atom. The molecule has 0 saturated heterocycles. The molecule has 0 aliphatic heterocycles. The summed E-state index contributed by atoms with van der Waals surface area (Å²) in [6, 6.07) is 4.84. The average Bonchev–Trinajstić information content (AvgIpc) is 2.38. The molecule has 2 aromatic rings. The lowest BCUT2D eigenvalue weighted by Crippen LogP contribution is -1.91. The lowest BCUT2D eigenvalue weighted by molar-refractivity contribution is -0.383. The predicted molar refractivity (Wildman–Crippen MR) is 70.6 cm³/mol. The van der Waals surface area contributed by atoms with Gasteiger partial charge >= 0.3 is 0 Å². The standard InChI is InChI=1S/C13H9ClN2O2/c14-7-2-1-3-10-4-5-13(16(17)18)12-9-15-8-6-11(10)12/h4-6,8-9H,2,7H2. The largest absolute Gasteiger partial charge is 0.278 e. The molecule has 0 aliphatic carbocycles. The number of non-ortho nitro benzene ring substituents is 1. The van der Waals surface area contributed by atoms with Gasteiger partial charge in [0.2, 0.25) is 0 Å². The monoisotopic (exact) mass is 260 g/mol. The van der Waals surface area contributed by atoms with Gasteiger partial charge in [-0.15, -0.1) is 11.6 Å². The molecule has 0 amide bonds. The fourth-order valence-corrected chi connectivity index (χ4v) is 1.74. The van der Waals surface area contributed by atoms with Gasteiger partial charge in [0.15, 0.2) is 0 Å². The first kappa shape index (κ1) is 12.3. The number of alkyl halides is 1. The van der Waals surface area contributed by atoms with Crippen LogP contribution in [-0.4, -0.2) is 15.8 Å². The number of aromatic nitrogens is 1.